The summed E-state index contributed by atoms with van der Waals surface area (Å²) in [7, 11) is 0. The van der Waals surface area contributed by atoms with Gasteiger partial charge in [-0.05, 0) is 89.9 Å². The summed E-state index contributed by atoms with van der Waals surface area (Å²) in [6, 6.07) is -0.546. The highest BCUT2D eigenvalue weighted by Gasteiger charge is 2.20. The maximum atomic E-state index is 12.5. The number of aliphatic hydroxyl groups excluding tert-OH is 2. The zero-order chi connectivity index (χ0) is 53.6. The molecular formula is C68H127NO5. The van der Waals surface area contributed by atoms with Gasteiger partial charge in [0.25, 0.3) is 0 Å². The van der Waals surface area contributed by atoms with Gasteiger partial charge in [0.1, 0.15) is 0 Å². The third-order valence-electron chi connectivity index (χ3n) is 15.1. The zero-order valence-corrected chi connectivity index (χ0v) is 49.6. The molecule has 0 fully saturated rings. The third-order valence-corrected chi connectivity index (χ3v) is 15.1. The summed E-state index contributed by atoms with van der Waals surface area (Å²) in [5, 5.41) is 23.3. The Hall–Kier alpha value is -2.18. The Bertz CT molecular complexity index is 1240. The average Bonchev–Trinajstić information content (AvgIpc) is 3.40. The Balaban J connectivity index is 3.41. The molecule has 1 amide bonds. The molecule has 434 valence electrons. The second kappa shape index (κ2) is 63.4. The first-order valence-electron chi connectivity index (χ1n) is 32.9. The van der Waals surface area contributed by atoms with Gasteiger partial charge in [-0.25, -0.2) is 0 Å². The third kappa shape index (κ3) is 59.1. The Labute approximate surface area is 461 Å². The number of hydrogen-bond donors (Lipinski definition) is 3. The van der Waals surface area contributed by atoms with E-state index in [9.17, 15) is 19.8 Å². The van der Waals surface area contributed by atoms with Crippen LogP contribution in [-0.2, 0) is 14.3 Å². The van der Waals surface area contributed by atoms with Crippen molar-refractivity contribution in [1.82, 2.24) is 5.32 Å². The normalized spacial score (nSPS) is 12.9. The minimum atomic E-state index is -0.668. The van der Waals surface area contributed by atoms with Crippen LogP contribution >= 0.6 is 0 Å². The minimum Gasteiger partial charge on any atom is -0.466 e. The molecule has 0 saturated carbocycles. The van der Waals surface area contributed by atoms with E-state index in [1.807, 2.05) is 0 Å². The molecule has 0 aliphatic heterocycles. The molecule has 0 spiro atoms. The standard InChI is InChI=1S/C68H127NO5/c1-3-5-7-9-11-13-15-17-18-19-27-31-34-38-42-46-50-54-58-62-68(73)74-63-59-55-51-47-43-39-35-32-29-26-24-22-20-21-23-25-28-30-33-37-41-45-49-53-57-61-67(72)69-65(64-70)66(71)60-56-52-48-44-40-36-16-14-12-10-8-6-4-2/h11,13,17-18,21-24,65-66,70-71H,3-10,12,14-16,19-20,25-64H2,1-2H3,(H,69,72)/b13-11-,18-17-,23-21-,24-22-. The molecule has 6 heteroatoms. The lowest BCUT2D eigenvalue weighted by atomic mass is 10.0. The van der Waals surface area contributed by atoms with E-state index in [1.165, 1.54) is 257 Å². The van der Waals surface area contributed by atoms with E-state index in [0.717, 1.165) is 57.8 Å². The highest BCUT2D eigenvalue weighted by Crippen LogP contribution is 2.17. The van der Waals surface area contributed by atoms with E-state index < -0.39 is 12.1 Å². The van der Waals surface area contributed by atoms with Gasteiger partial charge in [-0.2, -0.15) is 0 Å². The second-order valence-electron chi connectivity index (χ2n) is 22.4. The fourth-order valence-electron chi connectivity index (χ4n) is 10.1. The van der Waals surface area contributed by atoms with E-state index in [0.29, 0.717) is 25.9 Å². The molecule has 0 aliphatic rings. The van der Waals surface area contributed by atoms with Crippen LogP contribution in [-0.4, -0.2) is 47.4 Å². The quantitative estimate of drug-likeness (QED) is 0.0320. The van der Waals surface area contributed by atoms with Crippen molar-refractivity contribution in [3.8, 4) is 0 Å². The number of ether oxygens (including phenoxy) is 1. The van der Waals surface area contributed by atoms with E-state index in [-0.39, 0.29) is 18.5 Å². The molecule has 6 nitrogen and oxygen atoms in total. The molecule has 0 bridgehead atoms. The first-order chi connectivity index (χ1) is 36.5. The van der Waals surface area contributed by atoms with Crippen LogP contribution in [0.3, 0.4) is 0 Å². The topological polar surface area (TPSA) is 95.9 Å². The number of nitrogens with one attached hydrogen (secondary N) is 1. The molecule has 0 saturated heterocycles. The number of unbranched alkanes of at least 4 members (excludes halogenated alkanes) is 42. The SMILES string of the molecule is CCCCC/C=C\C/C=C\CCCCCCCCCCCC(=O)OCCCCCCCCCCC/C=C\C/C=C\CCCCCCCCCCCC(=O)NC(CO)C(O)CCCCCCCCCCCCCCC. The van der Waals surface area contributed by atoms with Crippen LogP contribution in [0.15, 0.2) is 48.6 Å². The lowest BCUT2D eigenvalue weighted by Crippen LogP contribution is -2.45. The van der Waals surface area contributed by atoms with Gasteiger partial charge in [0.15, 0.2) is 0 Å². The van der Waals surface area contributed by atoms with Crippen LogP contribution in [0.2, 0.25) is 0 Å². The average molecular weight is 1040 g/mol. The summed E-state index contributed by atoms with van der Waals surface area (Å²) in [6.07, 6.45) is 81.3. The summed E-state index contributed by atoms with van der Waals surface area (Å²) in [4.78, 5) is 24.6. The monoisotopic (exact) mass is 1040 g/mol. The van der Waals surface area contributed by atoms with Crippen LogP contribution in [0.25, 0.3) is 0 Å². The van der Waals surface area contributed by atoms with Gasteiger partial charge in [0, 0.05) is 12.8 Å². The number of rotatable bonds is 61. The molecule has 0 aliphatic carbocycles. The number of hydrogen-bond acceptors (Lipinski definition) is 5. The van der Waals surface area contributed by atoms with Gasteiger partial charge >= 0.3 is 5.97 Å². The number of allylic oxidation sites excluding steroid dienone is 8. The minimum absolute atomic E-state index is 0.00518. The summed E-state index contributed by atoms with van der Waals surface area (Å²) in [5.41, 5.74) is 0. The Morgan fingerprint density at radius 2 is 0.676 bits per heavy atom. The zero-order valence-electron chi connectivity index (χ0n) is 49.6. The van der Waals surface area contributed by atoms with E-state index in [4.69, 9.17) is 4.74 Å². The van der Waals surface area contributed by atoms with Gasteiger partial charge in [-0.15, -0.1) is 0 Å². The lowest BCUT2D eigenvalue weighted by molar-refractivity contribution is -0.143. The smallest absolute Gasteiger partial charge is 0.305 e. The van der Waals surface area contributed by atoms with Crippen LogP contribution in [0.5, 0.6) is 0 Å². The van der Waals surface area contributed by atoms with Gasteiger partial charge in [0.05, 0.1) is 25.4 Å². The van der Waals surface area contributed by atoms with E-state index in [1.54, 1.807) is 0 Å². The van der Waals surface area contributed by atoms with Gasteiger partial charge in [-0.3, -0.25) is 9.59 Å². The van der Waals surface area contributed by atoms with Crippen molar-refractivity contribution in [3.63, 3.8) is 0 Å². The summed E-state index contributed by atoms with van der Waals surface area (Å²) in [6.45, 7) is 4.93. The highest BCUT2D eigenvalue weighted by molar-refractivity contribution is 5.76. The maximum absolute atomic E-state index is 12.5. The van der Waals surface area contributed by atoms with Crippen molar-refractivity contribution in [2.45, 2.75) is 360 Å². The molecule has 0 aromatic carbocycles. The summed E-state index contributed by atoms with van der Waals surface area (Å²) in [5.74, 6) is -0.0355. The van der Waals surface area contributed by atoms with Crippen LogP contribution < -0.4 is 5.32 Å². The van der Waals surface area contributed by atoms with Crippen LogP contribution in [0.4, 0.5) is 0 Å². The maximum Gasteiger partial charge on any atom is 0.305 e. The van der Waals surface area contributed by atoms with E-state index in [2.05, 4.69) is 67.8 Å². The van der Waals surface area contributed by atoms with Crippen molar-refractivity contribution in [2.75, 3.05) is 13.2 Å². The Morgan fingerprint density at radius 1 is 0.378 bits per heavy atom. The molecule has 0 rings (SSSR count). The number of carbonyl (C=O) groups excluding carboxylic acids is 2. The molecule has 0 aromatic rings. The van der Waals surface area contributed by atoms with Crippen LogP contribution in [0.1, 0.15) is 348 Å². The van der Waals surface area contributed by atoms with Crippen molar-refractivity contribution in [3.05, 3.63) is 48.6 Å². The number of esters is 1. The second-order valence-corrected chi connectivity index (χ2v) is 22.4. The fraction of sp³-hybridized carbons (Fsp3) is 0.853. The first kappa shape index (κ1) is 71.8. The summed E-state index contributed by atoms with van der Waals surface area (Å²) >= 11 is 0. The number of amides is 1. The van der Waals surface area contributed by atoms with Crippen molar-refractivity contribution in [1.29, 1.82) is 0 Å². The summed E-state index contributed by atoms with van der Waals surface area (Å²) < 4.78 is 5.50. The van der Waals surface area contributed by atoms with E-state index >= 15 is 0 Å². The predicted molar refractivity (Wildman–Crippen MR) is 324 cm³/mol. The molecular weight excluding hydrogens is 911 g/mol. The molecule has 2 unspecified atom stereocenters. The largest absolute Gasteiger partial charge is 0.466 e. The highest BCUT2D eigenvalue weighted by atomic mass is 16.5. The molecule has 3 N–H and O–H groups in total. The fourth-order valence-corrected chi connectivity index (χ4v) is 10.1. The van der Waals surface area contributed by atoms with Gasteiger partial charge in [0.2, 0.25) is 5.91 Å². The molecule has 0 radical (unpaired) electrons. The lowest BCUT2D eigenvalue weighted by Gasteiger charge is -2.22. The number of carbonyl (C=O) groups is 2. The van der Waals surface area contributed by atoms with Gasteiger partial charge in [-0.1, -0.05) is 294 Å². The molecule has 0 aromatic heterocycles. The molecule has 2 atom stereocenters. The predicted octanol–water partition coefficient (Wildman–Crippen LogP) is 20.9. The van der Waals surface area contributed by atoms with Crippen molar-refractivity contribution >= 4 is 11.9 Å². The first-order valence-corrected chi connectivity index (χ1v) is 32.9. The number of aliphatic hydroxyl groups is 2. The van der Waals surface area contributed by atoms with Gasteiger partial charge < -0.3 is 20.3 Å². The molecule has 74 heavy (non-hydrogen) atoms. The Kier molecular flexibility index (Phi) is 61.5. The van der Waals surface area contributed by atoms with Crippen molar-refractivity contribution < 1.29 is 24.5 Å². The Morgan fingerprint density at radius 3 is 1.05 bits per heavy atom. The molecule has 0 heterocycles. The van der Waals surface area contributed by atoms with Crippen LogP contribution in [0, 0.1) is 0 Å². The van der Waals surface area contributed by atoms with Crippen molar-refractivity contribution in [2.24, 2.45) is 0 Å².